The SMILES string of the molecule is CC(=O)NC1CCN(c2ccccc2C(=O)NCc2cccnc2)CC1. The van der Waals surface area contributed by atoms with Crippen LogP contribution in [0.1, 0.15) is 35.7 Å². The molecule has 6 heteroatoms. The molecule has 2 amide bonds. The molecule has 0 saturated carbocycles. The molecule has 0 bridgehead atoms. The standard InChI is InChI=1S/C20H24N4O2/c1-15(25)23-17-8-11-24(12-9-17)19-7-3-2-6-18(19)20(26)22-14-16-5-4-10-21-13-16/h2-7,10,13,17H,8-9,11-12,14H2,1H3,(H,22,26)(H,23,25). The quantitative estimate of drug-likeness (QED) is 0.864. The van der Waals surface area contributed by atoms with Crippen LogP contribution in [-0.2, 0) is 11.3 Å². The summed E-state index contributed by atoms with van der Waals surface area (Å²) in [7, 11) is 0. The van der Waals surface area contributed by atoms with E-state index >= 15 is 0 Å². The number of rotatable bonds is 5. The molecule has 0 radical (unpaired) electrons. The van der Waals surface area contributed by atoms with Crippen molar-refractivity contribution in [3.8, 4) is 0 Å². The average molecular weight is 352 g/mol. The van der Waals surface area contributed by atoms with Crippen molar-refractivity contribution in [3.05, 3.63) is 59.9 Å². The molecule has 1 aliphatic rings. The summed E-state index contributed by atoms with van der Waals surface area (Å²) in [4.78, 5) is 30.2. The molecule has 2 heterocycles. The maximum Gasteiger partial charge on any atom is 0.253 e. The van der Waals surface area contributed by atoms with Gasteiger partial charge in [-0.1, -0.05) is 18.2 Å². The van der Waals surface area contributed by atoms with E-state index in [1.54, 1.807) is 19.3 Å². The lowest BCUT2D eigenvalue weighted by Gasteiger charge is -2.34. The molecular weight excluding hydrogens is 328 g/mol. The molecule has 1 fully saturated rings. The first-order valence-corrected chi connectivity index (χ1v) is 8.91. The van der Waals surface area contributed by atoms with Crippen molar-refractivity contribution >= 4 is 17.5 Å². The number of amides is 2. The number of pyridine rings is 1. The van der Waals surface area contributed by atoms with E-state index in [1.165, 1.54) is 0 Å². The van der Waals surface area contributed by atoms with E-state index < -0.39 is 0 Å². The third kappa shape index (κ3) is 4.59. The number of hydrogen-bond donors (Lipinski definition) is 2. The minimum Gasteiger partial charge on any atom is -0.371 e. The molecule has 0 aliphatic carbocycles. The Kier molecular flexibility index (Phi) is 5.84. The largest absolute Gasteiger partial charge is 0.371 e. The number of piperidine rings is 1. The summed E-state index contributed by atoms with van der Waals surface area (Å²) < 4.78 is 0. The van der Waals surface area contributed by atoms with Crippen LogP contribution in [0.5, 0.6) is 0 Å². The van der Waals surface area contributed by atoms with Crippen LogP contribution in [0.15, 0.2) is 48.8 Å². The number of hydrogen-bond acceptors (Lipinski definition) is 4. The second-order valence-electron chi connectivity index (χ2n) is 6.52. The summed E-state index contributed by atoms with van der Waals surface area (Å²) >= 11 is 0. The number of para-hydroxylation sites is 1. The smallest absolute Gasteiger partial charge is 0.253 e. The first kappa shape index (κ1) is 17.9. The summed E-state index contributed by atoms with van der Waals surface area (Å²) in [6.07, 6.45) is 5.22. The Balaban J connectivity index is 1.64. The Hall–Kier alpha value is -2.89. The minimum absolute atomic E-state index is 0.0126. The Morgan fingerprint density at radius 3 is 2.62 bits per heavy atom. The lowest BCUT2D eigenvalue weighted by Crippen LogP contribution is -2.44. The zero-order valence-electron chi connectivity index (χ0n) is 14.9. The summed E-state index contributed by atoms with van der Waals surface area (Å²) in [6.45, 7) is 3.63. The van der Waals surface area contributed by atoms with Crippen LogP contribution in [-0.4, -0.2) is 35.9 Å². The highest BCUT2D eigenvalue weighted by Crippen LogP contribution is 2.24. The topological polar surface area (TPSA) is 74.3 Å². The molecule has 1 aliphatic heterocycles. The number of carbonyl (C=O) groups excluding carboxylic acids is 2. The molecule has 3 rings (SSSR count). The summed E-state index contributed by atoms with van der Waals surface area (Å²) in [5.74, 6) is -0.0768. The minimum atomic E-state index is -0.0894. The number of carbonyl (C=O) groups is 2. The van der Waals surface area contributed by atoms with Gasteiger partial charge in [-0.3, -0.25) is 14.6 Å². The second-order valence-corrected chi connectivity index (χ2v) is 6.52. The van der Waals surface area contributed by atoms with Gasteiger partial charge in [-0.25, -0.2) is 0 Å². The summed E-state index contributed by atoms with van der Waals surface area (Å²) in [5, 5.41) is 5.95. The maximum atomic E-state index is 12.7. The second kappa shape index (κ2) is 8.47. The van der Waals surface area contributed by atoms with Crippen molar-refractivity contribution in [2.75, 3.05) is 18.0 Å². The van der Waals surface area contributed by atoms with Crippen LogP contribution in [0.25, 0.3) is 0 Å². The molecule has 1 aromatic carbocycles. The number of nitrogens with one attached hydrogen (secondary N) is 2. The lowest BCUT2D eigenvalue weighted by atomic mass is 10.0. The van der Waals surface area contributed by atoms with Crippen molar-refractivity contribution < 1.29 is 9.59 Å². The van der Waals surface area contributed by atoms with Gasteiger partial charge in [-0.15, -0.1) is 0 Å². The molecule has 0 atom stereocenters. The van der Waals surface area contributed by atoms with Gasteiger partial charge in [0.1, 0.15) is 0 Å². The van der Waals surface area contributed by atoms with Gasteiger partial charge >= 0.3 is 0 Å². The van der Waals surface area contributed by atoms with Gasteiger partial charge in [0.15, 0.2) is 0 Å². The third-order valence-electron chi connectivity index (χ3n) is 4.57. The van der Waals surface area contributed by atoms with E-state index in [1.807, 2.05) is 36.4 Å². The number of anilines is 1. The average Bonchev–Trinajstić information content (AvgIpc) is 2.67. The molecule has 0 spiro atoms. The first-order chi connectivity index (χ1) is 12.6. The highest BCUT2D eigenvalue weighted by atomic mass is 16.2. The van der Waals surface area contributed by atoms with Crippen LogP contribution in [0.3, 0.4) is 0 Å². The zero-order valence-corrected chi connectivity index (χ0v) is 14.9. The molecule has 6 nitrogen and oxygen atoms in total. The molecule has 0 unspecified atom stereocenters. The van der Waals surface area contributed by atoms with E-state index in [2.05, 4.69) is 20.5 Å². The van der Waals surface area contributed by atoms with Gasteiger partial charge in [0.2, 0.25) is 5.91 Å². The van der Waals surface area contributed by atoms with Gasteiger partial charge in [0.05, 0.1) is 5.56 Å². The molecule has 136 valence electrons. The van der Waals surface area contributed by atoms with E-state index in [0.29, 0.717) is 12.1 Å². The van der Waals surface area contributed by atoms with Crippen LogP contribution in [0.2, 0.25) is 0 Å². The van der Waals surface area contributed by atoms with Crippen LogP contribution >= 0.6 is 0 Å². The van der Waals surface area contributed by atoms with Crippen molar-refractivity contribution in [3.63, 3.8) is 0 Å². The molecule has 2 aromatic rings. The van der Waals surface area contributed by atoms with Crippen LogP contribution in [0.4, 0.5) is 5.69 Å². The fourth-order valence-corrected chi connectivity index (χ4v) is 3.27. The van der Waals surface area contributed by atoms with Crippen molar-refractivity contribution in [1.82, 2.24) is 15.6 Å². The van der Waals surface area contributed by atoms with Crippen molar-refractivity contribution in [2.24, 2.45) is 0 Å². The molecule has 1 aromatic heterocycles. The fourth-order valence-electron chi connectivity index (χ4n) is 3.27. The highest BCUT2D eigenvalue weighted by Gasteiger charge is 2.23. The van der Waals surface area contributed by atoms with E-state index in [0.717, 1.165) is 37.2 Å². The molecular formula is C20H24N4O2. The Morgan fingerprint density at radius 1 is 1.15 bits per heavy atom. The summed E-state index contributed by atoms with van der Waals surface area (Å²) in [6, 6.07) is 11.7. The maximum absolute atomic E-state index is 12.7. The van der Waals surface area contributed by atoms with Gasteiger partial charge < -0.3 is 15.5 Å². The van der Waals surface area contributed by atoms with E-state index in [-0.39, 0.29) is 17.9 Å². The van der Waals surface area contributed by atoms with Crippen LogP contribution < -0.4 is 15.5 Å². The predicted molar refractivity (Wildman–Crippen MR) is 101 cm³/mol. The Labute approximate surface area is 153 Å². The predicted octanol–water partition coefficient (Wildman–Crippen LogP) is 2.12. The number of aromatic nitrogens is 1. The Morgan fingerprint density at radius 2 is 1.92 bits per heavy atom. The number of benzene rings is 1. The normalized spacial score (nSPS) is 14.7. The zero-order chi connectivity index (χ0) is 18.4. The van der Waals surface area contributed by atoms with Crippen molar-refractivity contribution in [1.29, 1.82) is 0 Å². The molecule has 2 N–H and O–H groups in total. The van der Waals surface area contributed by atoms with E-state index in [9.17, 15) is 9.59 Å². The molecule has 26 heavy (non-hydrogen) atoms. The molecule has 1 saturated heterocycles. The monoisotopic (exact) mass is 352 g/mol. The van der Waals surface area contributed by atoms with Crippen molar-refractivity contribution in [2.45, 2.75) is 32.4 Å². The Bertz CT molecular complexity index is 755. The fraction of sp³-hybridized carbons (Fsp3) is 0.350. The van der Waals surface area contributed by atoms with Crippen LogP contribution in [0, 0.1) is 0 Å². The highest BCUT2D eigenvalue weighted by molar-refractivity contribution is 5.99. The van der Waals surface area contributed by atoms with Gasteiger partial charge in [-0.2, -0.15) is 0 Å². The van der Waals surface area contributed by atoms with Gasteiger partial charge in [-0.05, 0) is 36.6 Å². The third-order valence-corrected chi connectivity index (χ3v) is 4.57. The summed E-state index contributed by atoms with van der Waals surface area (Å²) in [5.41, 5.74) is 2.58. The number of nitrogens with zero attached hydrogens (tertiary/aromatic N) is 2. The first-order valence-electron chi connectivity index (χ1n) is 8.91. The van der Waals surface area contributed by atoms with E-state index in [4.69, 9.17) is 0 Å². The van der Waals surface area contributed by atoms with Gasteiger partial charge in [0.25, 0.3) is 5.91 Å². The van der Waals surface area contributed by atoms with Gasteiger partial charge in [0, 0.05) is 50.7 Å². The lowest BCUT2D eigenvalue weighted by molar-refractivity contribution is -0.119.